The minimum Gasteiger partial charge on any atom is -0.383 e. The number of benzene rings is 2. The number of amides is 2. The van der Waals surface area contributed by atoms with Gasteiger partial charge in [-0.25, -0.2) is 0 Å². The molecule has 0 aliphatic heterocycles. The van der Waals surface area contributed by atoms with Crippen LogP contribution in [0.3, 0.4) is 0 Å². The van der Waals surface area contributed by atoms with E-state index >= 15 is 0 Å². The van der Waals surface area contributed by atoms with E-state index < -0.39 is 0 Å². The first-order chi connectivity index (χ1) is 12.4. The molecule has 0 aliphatic carbocycles. The summed E-state index contributed by atoms with van der Waals surface area (Å²) >= 11 is 0. The van der Waals surface area contributed by atoms with Crippen LogP contribution in [0.5, 0.6) is 0 Å². The van der Waals surface area contributed by atoms with Crippen molar-refractivity contribution >= 4 is 11.8 Å². The van der Waals surface area contributed by atoms with Crippen molar-refractivity contribution in [1.29, 1.82) is 0 Å². The second kappa shape index (κ2) is 9.15. The van der Waals surface area contributed by atoms with Crippen LogP contribution in [0.4, 0.5) is 0 Å². The van der Waals surface area contributed by atoms with Gasteiger partial charge >= 0.3 is 0 Å². The third-order valence-electron chi connectivity index (χ3n) is 4.08. The van der Waals surface area contributed by atoms with Crippen LogP contribution >= 0.6 is 0 Å². The lowest BCUT2D eigenvalue weighted by molar-refractivity contribution is -0.127. The topological polar surface area (TPSA) is 58.6 Å². The number of rotatable bonds is 7. The molecule has 138 valence electrons. The van der Waals surface area contributed by atoms with E-state index in [0.29, 0.717) is 18.6 Å². The van der Waals surface area contributed by atoms with Crippen molar-refractivity contribution in [2.75, 3.05) is 27.8 Å². The van der Waals surface area contributed by atoms with E-state index in [1.165, 1.54) is 0 Å². The van der Waals surface area contributed by atoms with Crippen molar-refractivity contribution in [1.82, 2.24) is 10.2 Å². The molecule has 0 fully saturated rings. The van der Waals surface area contributed by atoms with Gasteiger partial charge in [-0.3, -0.25) is 9.59 Å². The Bertz CT molecular complexity index is 737. The molecule has 2 rings (SSSR count). The van der Waals surface area contributed by atoms with E-state index in [1.807, 2.05) is 55.5 Å². The Balaban J connectivity index is 2.04. The smallest absolute Gasteiger partial charge is 0.251 e. The number of likely N-dealkylation sites (N-methyl/N-ethyl adjacent to an activating group) is 1. The summed E-state index contributed by atoms with van der Waals surface area (Å²) in [6.45, 7) is 2.38. The van der Waals surface area contributed by atoms with Gasteiger partial charge in [0, 0.05) is 32.8 Å². The molecular weight excluding hydrogens is 328 g/mol. The van der Waals surface area contributed by atoms with Gasteiger partial charge in [0.15, 0.2) is 0 Å². The zero-order valence-corrected chi connectivity index (χ0v) is 15.8. The molecule has 0 heterocycles. The summed E-state index contributed by atoms with van der Waals surface area (Å²) in [4.78, 5) is 25.5. The van der Waals surface area contributed by atoms with E-state index in [2.05, 4.69) is 5.32 Å². The maximum Gasteiger partial charge on any atom is 0.251 e. The fraction of sp³-hybridized carbons (Fsp3) is 0.333. The van der Waals surface area contributed by atoms with Crippen LogP contribution in [0, 0.1) is 0 Å². The third-order valence-corrected chi connectivity index (χ3v) is 4.08. The molecule has 26 heavy (non-hydrogen) atoms. The van der Waals surface area contributed by atoms with Gasteiger partial charge in [-0.1, -0.05) is 36.4 Å². The van der Waals surface area contributed by atoms with E-state index in [9.17, 15) is 9.59 Å². The molecule has 5 nitrogen and oxygen atoms in total. The van der Waals surface area contributed by atoms with Gasteiger partial charge in [-0.05, 0) is 35.7 Å². The highest BCUT2D eigenvalue weighted by molar-refractivity contribution is 5.94. The minimum atomic E-state index is -0.112. The molecule has 1 unspecified atom stereocenters. The molecule has 0 spiro atoms. The molecule has 2 amide bonds. The second-order valence-corrected chi connectivity index (χ2v) is 6.57. The summed E-state index contributed by atoms with van der Waals surface area (Å²) in [7, 11) is 5.12. The average molecular weight is 354 g/mol. The zero-order valence-electron chi connectivity index (χ0n) is 15.8. The summed E-state index contributed by atoms with van der Waals surface area (Å²) < 4.78 is 5.03. The number of ether oxygens (including phenoxy) is 1. The number of nitrogens with zero attached hydrogens (tertiary/aromatic N) is 1. The summed E-state index contributed by atoms with van der Waals surface area (Å²) in [5.41, 5.74) is 3.67. The molecule has 5 heteroatoms. The van der Waals surface area contributed by atoms with E-state index in [-0.39, 0.29) is 17.9 Å². The standard InChI is InChI=1S/C21H26N2O3/c1-15(14-26-4)22-21(25)19-11-9-18(10-12-19)17-7-5-16(6-8-17)13-20(24)23(2)3/h5-12,15H,13-14H2,1-4H3,(H,22,25). The number of methoxy groups -OCH3 is 1. The first kappa shape index (κ1) is 19.7. The van der Waals surface area contributed by atoms with Crippen molar-refractivity contribution in [2.24, 2.45) is 0 Å². The second-order valence-electron chi connectivity index (χ2n) is 6.57. The van der Waals surface area contributed by atoms with Crippen LogP contribution in [0.15, 0.2) is 48.5 Å². The van der Waals surface area contributed by atoms with Crippen LogP contribution in [0.25, 0.3) is 11.1 Å². The number of hydrogen-bond acceptors (Lipinski definition) is 3. The molecular formula is C21H26N2O3. The molecule has 0 aromatic heterocycles. The van der Waals surface area contributed by atoms with Crippen LogP contribution in [-0.2, 0) is 16.0 Å². The monoisotopic (exact) mass is 354 g/mol. The molecule has 0 saturated heterocycles. The lowest BCUT2D eigenvalue weighted by Crippen LogP contribution is -2.35. The van der Waals surface area contributed by atoms with Gasteiger partial charge in [-0.15, -0.1) is 0 Å². The highest BCUT2D eigenvalue weighted by Gasteiger charge is 2.10. The highest BCUT2D eigenvalue weighted by atomic mass is 16.5. The SMILES string of the molecule is COCC(C)NC(=O)c1ccc(-c2ccc(CC(=O)N(C)C)cc2)cc1. The van der Waals surface area contributed by atoms with E-state index in [4.69, 9.17) is 4.74 Å². The molecule has 0 saturated carbocycles. The summed E-state index contributed by atoms with van der Waals surface area (Å²) in [6.07, 6.45) is 0.395. The Kier molecular flexibility index (Phi) is 6.92. The van der Waals surface area contributed by atoms with Crippen molar-refractivity contribution in [3.05, 3.63) is 59.7 Å². The predicted octanol–water partition coefficient (Wildman–Crippen LogP) is 2.75. The zero-order chi connectivity index (χ0) is 19.1. The Morgan fingerprint density at radius 1 is 1.00 bits per heavy atom. The quantitative estimate of drug-likeness (QED) is 0.832. The van der Waals surface area contributed by atoms with Gasteiger partial charge in [0.05, 0.1) is 13.0 Å². The van der Waals surface area contributed by atoms with Crippen molar-refractivity contribution in [3.8, 4) is 11.1 Å². The Morgan fingerprint density at radius 3 is 2.04 bits per heavy atom. The van der Waals surface area contributed by atoms with Crippen LogP contribution in [-0.4, -0.2) is 50.6 Å². The van der Waals surface area contributed by atoms with Gasteiger partial charge in [-0.2, -0.15) is 0 Å². The lowest BCUT2D eigenvalue weighted by atomic mass is 10.0. The van der Waals surface area contributed by atoms with Crippen molar-refractivity contribution in [2.45, 2.75) is 19.4 Å². The Morgan fingerprint density at radius 2 is 1.54 bits per heavy atom. The van der Waals surface area contributed by atoms with Gasteiger partial charge in [0.2, 0.25) is 5.91 Å². The maximum absolute atomic E-state index is 12.2. The largest absolute Gasteiger partial charge is 0.383 e. The minimum absolute atomic E-state index is 0.0374. The first-order valence-corrected chi connectivity index (χ1v) is 8.60. The highest BCUT2D eigenvalue weighted by Crippen LogP contribution is 2.21. The molecule has 2 aromatic carbocycles. The summed E-state index contributed by atoms with van der Waals surface area (Å²) in [6, 6.07) is 15.4. The van der Waals surface area contributed by atoms with Gasteiger partial charge < -0.3 is 15.0 Å². The first-order valence-electron chi connectivity index (χ1n) is 8.60. The van der Waals surface area contributed by atoms with Gasteiger partial charge in [0.1, 0.15) is 0 Å². The Hall–Kier alpha value is -2.66. The lowest BCUT2D eigenvalue weighted by Gasteiger charge is -2.13. The van der Waals surface area contributed by atoms with E-state index in [0.717, 1.165) is 16.7 Å². The van der Waals surface area contributed by atoms with Crippen LogP contribution < -0.4 is 5.32 Å². The van der Waals surface area contributed by atoms with Crippen LogP contribution in [0.2, 0.25) is 0 Å². The Labute approximate surface area is 155 Å². The molecule has 2 aromatic rings. The predicted molar refractivity (Wildman–Crippen MR) is 103 cm³/mol. The molecule has 0 bridgehead atoms. The fourth-order valence-electron chi connectivity index (χ4n) is 2.56. The van der Waals surface area contributed by atoms with Crippen molar-refractivity contribution < 1.29 is 14.3 Å². The molecule has 1 N–H and O–H groups in total. The normalized spacial score (nSPS) is 11.7. The summed E-state index contributed by atoms with van der Waals surface area (Å²) in [5, 5.41) is 2.89. The summed E-state index contributed by atoms with van der Waals surface area (Å²) in [5.74, 6) is -0.0329. The molecule has 0 radical (unpaired) electrons. The van der Waals surface area contributed by atoms with E-state index in [1.54, 1.807) is 26.1 Å². The van der Waals surface area contributed by atoms with Crippen LogP contribution in [0.1, 0.15) is 22.8 Å². The number of nitrogens with one attached hydrogen (secondary N) is 1. The fourth-order valence-corrected chi connectivity index (χ4v) is 2.56. The number of carbonyl (C=O) groups excluding carboxylic acids is 2. The van der Waals surface area contributed by atoms with Gasteiger partial charge in [0.25, 0.3) is 5.91 Å². The molecule has 1 atom stereocenters. The van der Waals surface area contributed by atoms with Crippen molar-refractivity contribution in [3.63, 3.8) is 0 Å². The number of carbonyl (C=O) groups is 2. The number of hydrogen-bond donors (Lipinski definition) is 1. The maximum atomic E-state index is 12.2. The molecule has 0 aliphatic rings. The third kappa shape index (κ3) is 5.43. The average Bonchev–Trinajstić information content (AvgIpc) is 2.62.